The third-order valence-electron chi connectivity index (χ3n) is 3.70. The van der Waals surface area contributed by atoms with Crippen molar-refractivity contribution in [1.82, 2.24) is 9.55 Å². The Morgan fingerprint density at radius 2 is 1.81 bits per heavy atom. The number of nitrogens with zero attached hydrogens (tertiary/aromatic N) is 2. The molecule has 0 spiro atoms. The molecular weight excluding hydrogens is 366 g/mol. The molecule has 0 aliphatic rings. The topological polar surface area (TPSA) is 78.3 Å². The number of fused-ring (bicyclic) bond motifs is 1. The Morgan fingerprint density at radius 1 is 1.15 bits per heavy atom. The Kier molecular flexibility index (Phi) is 4.73. The van der Waals surface area contributed by atoms with Crippen LogP contribution in [0, 0.1) is 0 Å². The molecule has 6 nitrogen and oxygen atoms in total. The number of esters is 1. The van der Waals surface area contributed by atoms with Gasteiger partial charge in [0.25, 0.3) is 0 Å². The number of para-hydroxylation sites is 2. The zero-order valence-electron chi connectivity index (χ0n) is 13.6. The highest BCUT2D eigenvalue weighted by molar-refractivity contribution is 7.90. The molecule has 0 fully saturated rings. The Balaban J connectivity index is 1.90. The number of aromatic nitrogens is 2. The van der Waals surface area contributed by atoms with Crippen LogP contribution in [0.25, 0.3) is 11.0 Å². The van der Waals surface area contributed by atoms with Gasteiger partial charge in [-0.1, -0.05) is 24.3 Å². The predicted octanol–water partition coefficient (Wildman–Crippen LogP) is 3.19. The molecule has 0 bridgehead atoms. The molecule has 1 heterocycles. The number of benzene rings is 2. The number of sulfone groups is 1. The SMILES string of the molecule is CS(=O)(=O)c1ccccc1C(=O)OCc1nc2ccccc2n1C(F)F. The van der Waals surface area contributed by atoms with E-state index in [0.29, 0.717) is 10.1 Å². The van der Waals surface area contributed by atoms with Crippen LogP contribution < -0.4 is 0 Å². The van der Waals surface area contributed by atoms with Gasteiger partial charge in [-0.3, -0.25) is 4.57 Å². The highest BCUT2D eigenvalue weighted by atomic mass is 32.2. The standard InChI is InChI=1S/C17H14F2N2O4S/c1-26(23,24)14-9-5-2-6-11(14)16(22)25-10-15-20-12-7-3-4-8-13(12)21(15)17(18)19/h2-9,17H,10H2,1H3. The average molecular weight is 380 g/mol. The predicted molar refractivity (Wildman–Crippen MR) is 89.7 cm³/mol. The maximum Gasteiger partial charge on any atom is 0.339 e. The minimum Gasteiger partial charge on any atom is -0.454 e. The van der Waals surface area contributed by atoms with E-state index in [4.69, 9.17) is 4.74 Å². The van der Waals surface area contributed by atoms with Crippen LogP contribution in [0.2, 0.25) is 0 Å². The molecule has 2 aromatic carbocycles. The van der Waals surface area contributed by atoms with E-state index in [1.165, 1.54) is 30.3 Å². The van der Waals surface area contributed by atoms with Crippen molar-refractivity contribution >= 4 is 26.8 Å². The number of carbonyl (C=O) groups excluding carboxylic acids is 1. The van der Waals surface area contributed by atoms with Gasteiger partial charge in [0.2, 0.25) is 0 Å². The largest absolute Gasteiger partial charge is 0.454 e. The third-order valence-corrected chi connectivity index (χ3v) is 4.86. The molecule has 3 aromatic rings. The van der Waals surface area contributed by atoms with Gasteiger partial charge < -0.3 is 4.74 Å². The van der Waals surface area contributed by atoms with Crippen molar-refractivity contribution in [3.05, 3.63) is 59.9 Å². The van der Waals surface area contributed by atoms with E-state index in [0.717, 1.165) is 6.26 Å². The molecule has 9 heteroatoms. The molecule has 0 aliphatic carbocycles. The number of ether oxygens (including phenoxy) is 1. The molecule has 0 radical (unpaired) electrons. The molecule has 0 amide bonds. The minimum atomic E-state index is -3.65. The Morgan fingerprint density at radius 3 is 2.50 bits per heavy atom. The molecule has 26 heavy (non-hydrogen) atoms. The van der Waals surface area contributed by atoms with Crippen LogP contribution in [0.15, 0.2) is 53.4 Å². The molecule has 0 unspecified atom stereocenters. The molecule has 3 rings (SSSR count). The highest BCUT2D eigenvalue weighted by Crippen LogP contribution is 2.24. The zero-order valence-corrected chi connectivity index (χ0v) is 14.4. The molecular formula is C17H14F2N2O4S. The summed E-state index contributed by atoms with van der Waals surface area (Å²) in [5, 5.41) is 0. The zero-order chi connectivity index (χ0) is 18.9. The number of carbonyl (C=O) groups is 1. The maximum absolute atomic E-state index is 13.4. The monoisotopic (exact) mass is 380 g/mol. The second-order valence-electron chi connectivity index (χ2n) is 5.51. The number of rotatable bonds is 5. The summed E-state index contributed by atoms with van der Waals surface area (Å²) >= 11 is 0. The van der Waals surface area contributed by atoms with Crippen LogP contribution in [0.4, 0.5) is 8.78 Å². The molecule has 136 valence electrons. The van der Waals surface area contributed by atoms with Crippen molar-refractivity contribution in [3.63, 3.8) is 0 Å². The fourth-order valence-electron chi connectivity index (χ4n) is 2.58. The summed E-state index contributed by atoms with van der Waals surface area (Å²) in [7, 11) is -3.65. The molecule has 1 aromatic heterocycles. The first-order chi connectivity index (χ1) is 12.3. The molecule has 0 N–H and O–H groups in total. The van der Waals surface area contributed by atoms with Crippen molar-refractivity contribution in [2.24, 2.45) is 0 Å². The lowest BCUT2D eigenvalue weighted by Crippen LogP contribution is -2.13. The first-order valence-electron chi connectivity index (χ1n) is 7.49. The van der Waals surface area contributed by atoms with Crippen LogP contribution in [0.1, 0.15) is 22.7 Å². The second kappa shape index (κ2) is 6.83. The van der Waals surface area contributed by atoms with E-state index in [-0.39, 0.29) is 21.8 Å². The van der Waals surface area contributed by atoms with Crippen molar-refractivity contribution in [1.29, 1.82) is 0 Å². The van der Waals surface area contributed by atoms with Crippen molar-refractivity contribution < 1.29 is 26.7 Å². The number of halogens is 2. The lowest BCUT2D eigenvalue weighted by molar-refractivity contribution is 0.0384. The number of hydrogen-bond donors (Lipinski definition) is 0. The number of alkyl halides is 2. The van der Waals surface area contributed by atoms with Gasteiger partial charge in [-0.25, -0.2) is 18.2 Å². The summed E-state index contributed by atoms with van der Waals surface area (Å²) in [5.74, 6) is -1.06. The normalized spacial score (nSPS) is 11.8. The smallest absolute Gasteiger partial charge is 0.339 e. The van der Waals surface area contributed by atoms with Crippen molar-refractivity contribution in [2.45, 2.75) is 18.1 Å². The van der Waals surface area contributed by atoms with Gasteiger partial charge in [0.1, 0.15) is 6.61 Å². The summed E-state index contributed by atoms with van der Waals surface area (Å²) < 4.78 is 56.0. The van der Waals surface area contributed by atoms with Crippen LogP contribution in [-0.4, -0.2) is 30.2 Å². The van der Waals surface area contributed by atoms with E-state index in [1.54, 1.807) is 18.2 Å². The first-order valence-corrected chi connectivity index (χ1v) is 9.38. The quantitative estimate of drug-likeness (QED) is 0.635. The average Bonchev–Trinajstić information content (AvgIpc) is 2.97. The van der Waals surface area contributed by atoms with E-state index >= 15 is 0 Å². The molecule has 0 aliphatic heterocycles. The summed E-state index contributed by atoms with van der Waals surface area (Å²) in [5.41, 5.74) is 0.398. The van der Waals surface area contributed by atoms with Gasteiger partial charge in [0.15, 0.2) is 15.7 Å². The lowest BCUT2D eigenvalue weighted by atomic mass is 10.2. The third kappa shape index (κ3) is 3.43. The highest BCUT2D eigenvalue weighted by Gasteiger charge is 2.22. The number of imidazole rings is 1. The molecule has 0 saturated carbocycles. The Bertz CT molecular complexity index is 1080. The summed E-state index contributed by atoms with van der Waals surface area (Å²) in [6, 6.07) is 11.8. The minimum absolute atomic E-state index is 0.133. The first kappa shape index (κ1) is 18.0. The summed E-state index contributed by atoms with van der Waals surface area (Å²) in [6.45, 7) is -3.38. The van der Waals surface area contributed by atoms with E-state index in [1.807, 2.05) is 0 Å². The van der Waals surface area contributed by atoms with Crippen molar-refractivity contribution in [3.8, 4) is 0 Å². The van der Waals surface area contributed by atoms with Crippen molar-refractivity contribution in [2.75, 3.05) is 6.26 Å². The van der Waals surface area contributed by atoms with Crippen LogP contribution in [0.3, 0.4) is 0 Å². The lowest BCUT2D eigenvalue weighted by Gasteiger charge is -2.10. The fraction of sp³-hybridized carbons (Fsp3) is 0.176. The van der Waals surface area contributed by atoms with E-state index < -0.39 is 29.0 Å². The van der Waals surface area contributed by atoms with Crippen LogP contribution >= 0.6 is 0 Å². The fourth-order valence-corrected chi connectivity index (χ4v) is 3.46. The molecule has 0 saturated heterocycles. The molecule has 0 atom stereocenters. The van der Waals surface area contributed by atoms with E-state index in [9.17, 15) is 22.0 Å². The summed E-state index contributed by atoms with van der Waals surface area (Å²) in [6.07, 6.45) is 0.968. The van der Waals surface area contributed by atoms with Gasteiger partial charge in [0.05, 0.1) is 21.5 Å². The second-order valence-corrected chi connectivity index (χ2v) is 7.49. The summed E-state index contributed by atoms with van der Waals surface area (Å²) in [4.78, 5) is 16.1. The van der Waals surface area contributed by atoms with Gasteiger partial charge in [0, 0.05) is 6.26 Å². The Hall–Kier alpha value is -2.81. The van der Waals surface area contributed by atoms with Gasteiger partial charge in [-0.15, -0.1) is 0 Å². The number of hydrogen-bond acceptors (Lipinski definition) is 5. The van der Waals surface area contributed by atoms with Gasteiger partial charge >= 0.3 is 12.5 Å². The van der Waals surface area contributed by atoms with E-state index in [2.05, 4.69) is 4.98 Å². The maximum atomic E-state index is 13.4. The van der Waals surface area contributed by atoms with Crippen LogP contribution in [-0.2, 0) is 21.2 Å². The Labute approximate surface area is 148 Å². The van der Waals surface area contributed by atoms with Gasteiger partial charge in [-0.05, 0) is 24.3 Å². The van der Waals surface area contributed by atoms with Crippen LogP contribution in [0.5, 0.6) is 0 Å². The van der Waals surface area contributed by atoms with Gasteiger partial charge in [-0.2, -0.15) is 8.78 Å².